The number of halogens is 2. The van der Waals surface area contributed by atoms with Gasteiger partial charge in [0, 0.05) is 18.3 Å². The molecule has 7 heteroatoms. The Morgan fingerprint density at radius 1 is 0.920 bits per heavy atom. The molecule has 0 spiro atoms. The Kier molecular flexibility index (Phi) is 5.03. The Balaban J connectivity index is 1.68. The molecule has 1 aromatic heterocycles. The van der Waals surface area contributed by atoms with Gasteiger partial charge in [0.2, 0.25) is 0 Å². The minimum Gasteiger partial charge on any atom is -0.393 e. The third-order valence-electron chi connectivity index (χ3n) is 3.62. The Morgan fingerprint density at radius 2 is 1.68 bits per heavy atom. The van der Waals surface area contributed by atoms with Crippen LogP contribution in [0.5, 0.6) is 0 Å². The van der Waals surface area contributed by atoms with E-state index in [0.29, 0.717) is 29.6 Å². The average molecular weight is 341 g/mol. The van der Waals surface area contributed by atoms with Crippen LogP contribution in [0, 0.1) is 11.6 Å². The lowest BCUT2D eigenvalue weighted by Crippen LogP contribution is -2.10. The first-order chi connectivity index (χ1) is 12.1. The monoisotopic (exact) mass is 341 g/mol. The number of aromatic nitrogens is 2. The zero-order valence-electron chi connectivity index (χ0n) is 13.3. The van der Waals surface area contributed by atoms with Crippen molar-refractivity contribution in [1.82, 2.24) is 9.97 Å². The van der Waals surface area contributed by atoms with Crippen molar-refractivity contribution < 1.29 is 8.78 Å². The maximum atomic E-state index is 13.3. The maximum absolute atomic E-state index is 13.3. The first-order valence-electron chi connectivity index (χ1n) is 7.74. The van der Waals surface area contributed by atoms with Crippen LogP contribution in [0.1, 0.15) is 5.56 Å². The van der Waals surface area contributed by atoms with E-state index in [1.807, 2.05) is 30.3 Å². The molecular formula is C18H17F2N5. The van der Waals surface area contributed by atoms with Crippen molar-refractivity contribution in [2.45, 2.75) is 6.42 Å². The van der Waals surface area contributed by atoms with E-state index in [0.717, 1.165) is 18.6 Å². The van der Waals surface area contributed by atoms with E-state index in [2.05, 4.69) is 20.6 Å². The van der Waals surface area contributed by atoms with E-state index in [1.54, 1.807) is 0 Å². The van der Waals surface area contributed by atoms with Crippen molar-refractivity contribution >= 4 is 23.0 Å². The SMILES string of the molecule is Nc1c(NCCc2ccccc2)ncnc1Nc1ccc(F)c(F)c1. The van der Waals surface area contributed by atoms with Crippen molar-refractivity contribution in [3.63, 3.8) is 0 Å². The summed E-state index contributed by atoms with van der Waals surface area (Å²) < 4.78 is 26.3. The molecule has 0 saturated heterocycles. The lowest BCUT2D eigenvalue weighted by Gasteiger charge is -2.12. The van der Waals surface area contributed by atoms with Gasteiger partial charge >= 0.3 is 0 Å². The molecule has 0 aliphatic heterocycles. The number of nitrogens with two attached hydrogens (primary N) is 1. The number of anilines is 4. The van der Waals surface area contributed by atoms with Crippen molar-refractivity contribution in [2.24, 2.45) is 0 Å². The van der Waals surface area contributed by atoms with Crippen molar-refractivity contribution in [3.05, 3.63) is 72.1 Å². The van der Waals surface area contributed by atoms with Crippen LogP contribution in [0.15, 0.2) is 54.9 Å². The van der Waals surface area contributed by atoms with E-state index >= 15 is 0 Å². The Labute approximate surface area is 143 Å². The number of nitrogens with zero attached hydrogens (tertiary/aromatic N) is 2. The fourth-order valence-electron chi connectivity index (χ4n) is 2.32. The van der Waals surface area contributed by atoms with Gasteiger partial charge in [0.15, 0.2) is 23.3 Å². The van der Waals surface area contributed by atoms with Crippen LogP contribution >= 0.6 is 0 Å². The molecule has 0 saturated carbocycles. The third-order valence-corrected chi connectivity index (χ3v) is 3.62. The summed E-state index contributed by atoms with van der Waals surface area (Å²) in [6, 6.07) is 13.5. The molecule has 0 unspecified atom stereocenters. The molecule has 0 aliphatic rings. The second-order valence-corrected chi connectivity index (χ2v) is 5.40. The first-order valence-corrected chi connectivity index (χ1v) is 7.74. The molecule has 0 atom stereocenters. The third kappa shape index (κ3) is 4.20. The normalized spacial score (nSPS) is 10.5. The minimum absolute atomic E-state index is 0.306. The fourth-order valence-corrected chi connectivity index (χ4v) is 2.32. The highest BCUT2D eigenvalue weighted by molar-refractivity contribution is 5.77. The zero-order chi connectivity index (χ0) is 17.6. The van der Waals surface area contributed by atoms with Crippen LogP contribution in [-0.4, -0.2) is 16.5 Å². The number of rotatable bonds is 6. The fraction of sp³-hybridized carbons (Fsp3) is 0.111. The summed E-state index contributed by atoms with van der Waals surface area (Å²) >= 11 is 0. The number of nitrogen functional groups attached to an aromatic ring is 1. The van der Waals surface area contributed by atoms with Crippen LogP contribution in [0.4, 0.5) is 31.8 Å². The Morgan fingerprint density at radius 3 is 2.44 bits per heavy atom. The smallest absolute Gasteiger partial charge is 0.160 e. The van der Waals surface area contributed by atoms with E-state index in [1.165, 1.54) is 18.0 Å². The quantitative estimate of drug-likeness (QED) is 0.637. The van der Waals surface area contributed by atoms with Gasteiger partial charge in [-0.1, -0.05) is 30.3 Å². The number of hydrogen-bond donors (Lipinski definition) is 3. The van der Waals surface area contributed by atoms with Crippen molar-refractivity contribution in [1.29, 1.82) is 0 Å². The lowest BCUT2D eigenvalue weighted by atomic mass is 10.1. The summed E-state index contributed by atoms with van der Waals surface area (Å²) in [6.45, 7) is 0.649. The van der Waals surface area contributed by atoms with Gasteiger partial charge in [-0.15, -0.1) is 0 Å². The summed E-state index contributed by atoms with van der Waals surface area (Å²) in [6.07, 6.45) is 2.17. The highest BCUT2D eigenvalue weighted by Gasteiger charge is 2.09. The van der Waals surface area contributed by atoms with Crippen LogP contribution in [0.25, 0.3) is 0 Å². The number of benzene rings is 2. The van der Waals surface area contributed by atoms with Crippen LogP contribution in [-0.2, 0) is 6.42 Å². The van der Waals surface area contributed by atoms with Gasteiger partial charge in [-0.05, 0) is 24.1 Å². The largest absolute Gasteiger partial charge is 0.393 e. The molecule has 1 heterocycles. The molecule has 5 nitrogen and oxygen atoms in total. The summed E-state index contributed by atoms with van der Waals surface area (Å²) in [7, 11) is 0. The predicted octanol–water partition coefficient (Wildman–Crippen LogP) is 3.74. The van der Waals surface area contributed by atoms with E-state index < -0.39 is 11.6 Å². The Hall–Kier alpha value is -3.22. The highest BCUT2D eigenvalue weighted by atomic mass is 19.2. The molecule has 3 aromatic rings. The minimum atomic E-state index is -0.946. The van der Waals surface area contributed by atoms with E-state index in [-0.39, 0.29) is 0 Å². The summed E-state index contributed by atoms with van der Waals surface area (Å²) in [5.74, 6) is -1.05. The van der Waals surface area contributed by atoms with Gasteiger partial charge < -0.3 is 16.4 Å². The molecule has 2 aromatic carbocycles. The lowest BCUT2D eigenvalue weighted by molar-refractivity contribution is 0.509. The topological polar surface area (TPSA) is 75.9 Å². The van der Waals surface area contributed by atoms with Gasteiger partial charge in [0.25, 0.3) is 0 Å². The molecule has 0 fully saturated rings. The van der Waals surface area contributed by atoms with Gasteiger partial charge in [-0.2, -0.15) is 0 Å². The van der Waals surface area contributed by atoms with E-state index in [9.17, 15) is 8.78 Å². The first kappa shape index (κ1) is 16.6. The zero-order valence-corrected chi connectivity index (χ0v) is 13.3. The standard InChI is InChI=1S/C18H17F2N5/c19-14-7-6-13(10-15(14)20)25-18-16(21)17(23-11-24-18)22-9-8-12-4-2-1-3-5-12/h1-7,10-11H,8-9,21H2,(H2,22,23,24,25). The van der Waals surface area contributed by atoms with E-state index in [4.69, 9.17) is 5.73 Å². The predicted molar refractivity (Wildman–Crippen MR) is 94.7 cm³/mol. The maximum Gasteiger partial charge on any atom is 0.160 e. The second-order valence-electron chi connectivity index (χ2n) is 5.40. The van der Waals surface area contributed by atoms with Gasteiger partial charge in [0.05, 0.1) is 0 Å². The molecule has 25 heavy (non-hydrogen) atoms. The highest BCUT2D eigenvalue weighted by Crippen LogP contribution is 2.26. The van der Waals surface area contributed by atoms with Gasteiger partial charge in [-0.3, -0.25) is 0 Å². The molecule has 128 valence electrons. The molecule has 0 radical (unpaired) electrons. The number of nitrogens with one attached hydrogen (secondary N) is 2. The van der Waals surface area contributed by atoms with Crippen LogP contribution in [0.2, 0.25) is 0 Å². The Bertz CT molecular complexity index is 855. The average Bonchev–Trinajstić information content (AvgIpc) is 2.62. The van der Waals surface area contributed by atoms with Crippen molar-refractivity contribution in [3.8, 4) is 0 Å². The molecule has 0 bridgehead atoms. The summed E-state index contributed by atoms with van der Waals surface area (Å²) in [4.78, 5) is 8.17. The van der Waals surface area contributed by atoms with Crippen LogP contribution in [0.3, 0.4) is 0 Å². The molecule has 4 N–H and O–H groups in total. The number of hydrogen-bond acceptors (Lipinski definition) is 5. The molecule has 0 aliphatic carbocycles. The van der Waals surface area contributed by atoms with Gasteiger partial charge in [-0.25, -0.2) is 18.7 Å². The van der Waals surface area contributed by atoms with Gasteiger partial charge in [0.1, 0.15) is 12.0 Å². The molecule has 3 rings (SSSR count). The van der Waals surface area contributed by atoms with Crippen LogP contribution < -0.4 is 16.4 Å². The summed E-state index contributed by atoms with van der Waals surface area (Å²) in [5, 5.41) is 6.02. The molecular weight excluding hydrogens is 324 g/mol. The van der Waals surface area contributed by atoms with Crippen molar-refractivity contribution in [2.75, 3.05) is 22.9 Å². The summed E-state index contributed by atoms with van der Waals surface area (Å²) in [5.41, 5.74) is 7.91. The second kappa shape index (κ2) is 7.57. The molecule has 0 amide bonds.